The van der Waals surface area contributed by atoms with Gasteiger partial charge in [-0.1, -0.05) is 124 Å². The average Bonchev–Trinajstić information content (AvgIpc) is 3.86. The van der Waals surface area contributed by atoms with E-state index >= 15 is 0 Å². The summed E-state index contributed by atoms with van der Waals surface area (Å²) in [6.07, 6.45) is 14.6. The zero-order valence-corrected chi connectivity index (χ0v) is 37.0. The Morgan fingerprint density at radius 1 is 0.429 bits per heavy atom. The molecule has 2 aliphatic heterocycles. The summed E-state index contributed by atoms with van der Waals surface area (Å²) in [6, 6.07) is 50.9. The molecule has 8 aromatic rings. The van der Waals surface area contributed by atoms with E-state index in [0.717, 1.165) is 30.9 Å². The van der Waals surface area contributed by atoms with E-state index in [1.165, 1.54) is 127 Å². The summed E-state index contributed by atoms with van der Waals surface area (Å²) >= 11 is 0. The molecular weight excluding hydrogens is 765 g/mol. The molecule has 13 rings (SSSR count). The molecule has 0 N–H and O–H groups in total. The molecule has 310 valence electrons. The Bertz CT molecular complexity index is 3000. The second-order valence-electron chi connectivity index (χ2n) is 20.4. The van der Waals surface area contributed by atoms with Gasteiger partial charge in [-0.15, -0.1) is 0 Å². The Hall–Kier alpha value is -6.26. The van der Waals surface area contributed by atoms with Crippen molar-refractivity contribution < 1.29 is 0 Å². The van der Waals surface area contributed by atoms with Crippen molar-refractivity contribution in [2.24, 2.45) is 0 Å². The van der Waals surface area contributed by atoms with Gasteiger partial charge in [-0.25, -0.2) is 9.97 Å². The molecule has 4 heteroatoms. The Kier molecular flexibility index (Phi) is 7.78. The number of hydrogen-bond acceptors (Lipinski definition) is 4. The van der Waals surface area contributed by atoms with Crippen LogP contribution in [0.1, 0.15) is 101 Å². The van der Waals surface area contributed by atoms with E-state index in [0.29, 0.717) is 0 Å². The summed E-state index contributed by atoms with van der Waals surface area (Å²) in [5.74, 6) is 2.18. The maximum atomic E-state index is 5.11. The third kappa shape index (κ3) is 4.98. The van der Waals surface area contributed by atoms with Crippen LogP contribution in [0.2, 0.25) is 0 Å². The summed E-state index contributed by atoms with van der Waals surface area (Å²) in [5.41, 5.74) is 16.3. The Morgan fingerprint density at radius 2 is 0.841 bits per heavy atom. The summed E-state index contributed by atoms with van der Waals surface area (Å²) in [6.45, 7) is 10.1. The molecule has 2 aromatic heterocycles. The normalized spacial score (nSPS) is 25.4. The predicted molar refractivity (Wildman–Crippen MR) is 262 cm³/mol. The summed E-state index contributed by atoms with van der Waals surface area (Å²) in [7, 11) is 0. The molecule has 0 amide bonds. The van der Waals surface area contributed by atoms with Crippen molar-refractivity contribution in [2.75, 3.05) is 9.80 Å². The van der Waals surface area contributed by atoms with Gasteiger partial charge in [0.1, 0.15) is 11.6 Å². The van der Waals surface area contributed by atoms with Gasteiger partial charge < -0.3 is 9.80 Å². The smallest absolute Gasteiger partial charge is 0.141 e. The minimum absolute atomic E-state index is 0.0118. The van der Waals surface area contributed by atoms with E-state index in [1.54, 1.807) is 0 Å². The third-order valence-electron chi connectivity index (χ3n) is 17.5. The lowest BCUT2D eigenvalue weighted by atomic mass is 9.61. The molecule has 4 atom stereocenters. The largest absolute Gasteiger partial charge is 0.319 e. The van der Waals surface area contributed by atoms with Crippen LogP contribution >= 0.6 is 0 Å². The predicted octanol–water partition coefficient (Wildman–Crippen LogP) is 15.2. The minimum Gasteiger partial charge on any atom is -0.319 e. The number of benzene rings is 6. The third-order valence-corrected chi connectivity index (χ3v) is 17.5. The van der Waals surface area contributed by atoms with Gasteiger partial charge >= 0.3 is 0 Å². The van der Waals surface area contributed by atoms with Crippen LogP contribution in [-0.4, -0.2) is 21.0 Å². The molecule has 4 nitrogen and oxygen atoms in total. The number of rotatable bonds is 4. The van der Waals surface area contributed by atoms with Crippen molar-refractivity contribution in [1.82, 2.24) is 9.97 Å². The van der Waals surface area contributed by atoms with Crippen LogP contribution in [0.4, 0.5) is 23.0 Å². The summed E-state index contributed by atoms with van der Waals surface area (Å²) < 4.78 is 0. The molecule has 0 radical (unpaired) electrons. The molecule has 0 saturated heterocycles. The highest BCUT2D eigenvalue weighted by atomic mass is 15.3. The number of fused-ring (bicyclic) bond motifs is 11. The van der Waals surface area contributed by atoms with Crippen molar-refractivity contribution in [3.8, 4) is 33.4 Å². The van der Waals surface area contributed by atoms with Gasteiger partial charge in [-0.2, -0.15) is 0 Å². The van der Waals surface area contributed by atoms with Gasteiger partial charge in [0.2, 0.25) is 0 Å². The van der Waals surface area contributed by atoms with Crippen LogP contribution in [0.25, 0.3) is 54.9 Å². The Labute approximate surface area is 371 Å². The first-order valence-corrected chi connectivity index (χ1v) is 23.5. The van der Waals surface area contributed by atoms with Gasteiger partial charge in [-0.3, -0.25) is 0 Å². The number of anilines is 4. The monoisotopic (exact) mass is 818 g/mol. The molecule has 0 bridgehead atoms. The van der Waals surface area contributed by atoms with E-state index < -0.39 is 0 Å². The van der Waals surface area contributed by atoms with Crippen molar-refractivity contribution in [3.63, 3.8) is 0 Å². The molecule has 63 heavy (non-hydrogen) atoms. The minimum atomic E-state index is -0.0632. The zero-order chi connectivity index (χ0) is 42.3. The van der Waals surface area contributed by atoms with Crippen LogP contribution in [0.15, 0.2) is 146 Å². The standard InChI is InChI=1S/C59H54N4/c1-56-27-9-11-29-58(56,3)62(54-46-15-7-5-13-38(46)25-31-60-54)52-23-21-42(36-50(52)56)40-17-19-44-33-45-20-18-41(35-49(45)48(44)34-40)43-22-24-53-51(37-43)57(2)28-10-12-30-59(57,4)63(53)55-47-16-8-6-14-39(47)26-32-61-55/h5-8,13-26,31-32,34-37H,9-12,27-30,33H2,1-4H3. The van der Waals surface area contributed by atoms with E-state index in [9.17, 15) is 0 Å². The van der Waals surface area contributed by atoms with Gasteiger partial charge in [0.25, 0.3) is 0 Å². The highest BCUT2D eigenvalue weighted by molar-refractivity contribution is 5.98. The topological polar surface area (TPSA) is 32.3 Å². The van der Waals surface area contributed by atoms with E-state index in [2.05, 4.69) is 171 Å². The fourth-order valence-electron chi connectivity index (χ4n) is 13.6. The van der Waals surface area contributed by atoms with Gasteiger partial charge in [0.15, 0.2) is 0 Å². The quantitative estimate of drug-likeness (QED) is 0.177. The molecule has 5 aliphatic rings. The first kappa shape index (κ1) is 37.3. The lowest BCUT2D eigenvalue weighted by Crippen LogP contribution is -2.54. The fraction of sp³-hybridized carbons (Fsp3) is 0.288. The molecule has 4 heterocycles. The Morgan fingerprint density at radius 3 is 1.32 bits per heavy atom. The van der Waals surface area contributed by atoms with Gasteiger partial charge in [0.05, 0.1) is 11.1 Å². The highest BCUT2D eigenvalue weighted by Crippen LogP contribution is 2.63. The van der Waals surface area contributed by atoms with Crippen molar-refractivity contribution in [2.45, 2.75) is 107 Å². The maximum absolute atomic E-state index is 5.11. The van der Waals surface area contributed by atoms with Crippen LogP contribution in [-0.2, 0) is 17.3 Å². The molecule has 2 fully saturated rings. The Balaban J connectivity index is 0.888. The molecule has 4 unspecified atom stereocenters. The first-order chi connectivity index (χ1) is 30.7. The number of hydrogen-bond donors (Lipinski definition) is 0. The fourth-order valence-corrected chi connectivity index (χ4v) is 13.6. The van der Waals surface area contributed by atoms with Crippen LogP contribution in [0.5, 0.6) is 0 Å². The lowest BCUT2D eigenvalue weighted by molar-refractivity contribution is 0.194. The highest BCUT2D eigenvalue weighted by Gasteiger charge is 2.59. The lowest BCUT2D eigenvalue weighted by Gasteiger charge is -2.50. The van der Waals surface area contributed by atoms with E-state index in [1.807, 2.05) is 12.4 Å². The van der Waals surface area contributed by atoms with Crippen molar-refractivity contribution in [1.29, 1.82) is 0 Å². The van der Waals surface area contributed by atoms with Gasteiger partial charge in [0, 0.05) is 45.4 Å². The second kappa shape index (κ2) is 13.1. The zero-order valence-electron chi connectivity index (χ0n) is 37.0. The number of aromatic nitrogens is 2. The number of pyridine rings is 2. The average molecular weight is 819 g/mol. The van der Waals surface area contributed by atoms with Crippen LogP contribution < -0.4 is 9.80 Å². The van der Waals surface area contributed by atoms with Crippen LogP contribution in [0.3, 0.4) is 0 Å². The van der Waals surface area contributed by atoms with Gasteiger partial charge in [-0.05, 0) is 161 Å². The van der Waals surface area contributed by atoms with E-state index in [-0.39, 0.29) is 21.9 Å². The molecular formula is C59H54N4. The SMILES string of the molecule is CC12CCCCC1(C)N(c1nccc3ccccc13)c1ccc(-c3ccc4c(c3)-c3cc(-c5ccc6c(c5)C5(C)CCCCC5(C)N6c5nccc6ccccc56)ccc3C4)cc12. The molecule has 6 aromatic carbocycles. The molecule has 0 spiro atoms. The second-order valence-corrected chi connectivity index (χ2v) is 20.4. The number of nitrogens with zero attached hydrogens (tertiary/aromatic N) is 4. The van der Waals surface area contributed by atoms with Crippen molar-refractivity contribution in [3.05, 3.63) is 168 Å². The van der Waals surface area contributed by atoms with E-state index in [4.69, 9.17) is 9.97 Å². The summed E-state index contributed by atoms with van der Waals surface area (Å²) in [5, 5.41) is 4.94. The maximum Gasteiger partial charge on any atom is 0.141 e. The molecule has 3 aliphatic carbocycles. The summed E-state index contributed by atoms with van der Waals surface area (Å²) in [4.78, 5) is 15.5. The van der Waals surface area contributed by atoms with Crippen molar-refractivity contribution >= 4 is 44.6 Å². The molecule has 2 saturated carbocycles. The van der Waals surface area contributed by atoms with Crippen LogP contribution in [0, 0.1) is 0 Å². The first-order valence-electron chi connectivity index (χ1n) is 23.5.